The number of amides is 2. The van der Waals surface area contributed by atoms with Gasteiger partial charge in [-0.15, -0.1) is 0 Å². The molecule has 5 nitrogen and oxygen atoms in total. The molecule has 2 saturated carbocycles. The van der Waals surface area contributed by atoms with Gasteiger partial charge in [0, 0.05) is 17.5 Å². The standard InChI is InChI=1S/C15H24N2O3/c1-14(2,3)20-13(19)17-15-6-9-4-10(7-15)12(18)16-11(5-9)8-15/h9-11H,4-8H2,1-3H3,(H,16,18)(H,17,19). The molecule has 4 bridgehead atoms. The average molecular weight is 280 g/mol. The minimum absolute atomic E-state index is 0.0520. The summed E-state index contributed by atoms with van der Waals surface area (Å²) in [6.07, 6.45) is 4.25. The summed E-state index contributed by atoms with van der Waals surface area (Å²) in [7, 11) is 0. The zero-order valence-electron chi connectivity index (χ0n) is 12.5. The fourth-order valence-electron chi connectivity index (χ4n) is 4.28. The molecule has 2 saturated heterocycles. The van der Waals surface area contributed by atoms with Gasteiger partial charge >= 0.3 is 6.09 Å². The van der Waals surface area contributed by atoms with Crippen LogP contribution < -0.4 is 10.6 Å². The van der Waals surface area contributed by atoms with Gasteiger partial charge in [-0.05, 0) is 58.8 Å². The molecule has 20 heavy (non-hydrogen) atoms. The fraction of sp³-hybridized carbons (Fsp3) is 0.867. The summed E-state index contributed by atoms with van der Waals surface area (Å²) in [5.41, 5.74) is -0.742. The van der Waals surface area contributed by atoms with Crippen LogP contribution in [0.2, 0.25) is 0 Å². The van der Waals surface area contributed by atoms with Crippen LogP contribution in [0.15, 0.2) is 0 Å². The lowest BCUT2D eigenvalue weighted by atomic mass is 9.63. The summed E-state index contributed by atoms with van der Waals surface area (Å²) in [6.45, 7) is 5.59. The number of nitrogens with one attached hydrogen (secondary N) is 2. The molecule has 0 radical (unpaired) electrons. The molecule has 4 atom stereocenters. The van der Waals surface area contributed by atoms with E-state index in [1.54, 1.807) is 0 Å². The van der Waals surface area contributed by atoms with Crippen LogP contribution in [0.5, 0.6) is 0 Å². The monoisotopic (exact) mass is 280 g/mol. The van der Waals surface area contributed by atoms with Crippen molar-refractivity contribution in [1.29, 1.82) is 0 Å². The number of hydrogen-bond acceptors (Lipinski definition) is 3. The minimum Gasteiger partial charge on any atom is -0.444 e. The maximum Gasteiger partial charge on any atom is 0.408 e. The average Bonchev–Trinajstić information content (AvgIpc) is 2.37. The lowest BCUT2D eigenvalue weighted by Crippen LogP contribution is -2.57. The normalized spacial score (nSPS) is 39.1. The first kappa shape index (κ1) is 13.7. The molecule has 4 aliphatic rings. The van der Waals surface area contributed by atoms with Gasteiger partial charge in [-0.3, -0.25) is 4.79 Å². The largest absolute Gasteiger partial charge is 0.444 e. The van der Waals surface area contributed by atoms with Crippen molar-refractivity contribution in [2.45, 2.75) is 70.1 Å². The van der Waals surface area contributed by atoms with E-state index in [2.05, 4.69) is 10.6 Å². The Morgan fingerprint density at radius 1 is 1.30 bits per heavy atom. The van der Waals surface area contributed by atoms with Crippen LogP contribution in [0, 0.1) is 11.8 Å². The lowest BCUT2D eigenvalue weighted by Gasteiger charge is -2.47. The van der Waals surface area contributed by atoms with Crippen molar-refractivity contribution in [2.75, 3.05) is 0 Å². The number of alkyl carbamates (subject to hydrolysis) is 1. The molecule has 4 rings (SSSR count). The smallest absolute Gasteiger partial charge is 0.408 e. The molecular weight excluding hydrogens is 256 g/mol. The molecule has 0 spiro atoms. The van der Waals surface area contributed by atoms with E-state index in [1.807, 2.05) is 20.8 Å². The van der Waals surface area contributed by atoms with E-state index < -0.39 is 5.60 Å². The highest BCUT2D eigenvalue weighted by Gasteiger charge is 2.52. The van der Waals surface area contributed by atoms with Crippen LogP contribution in [0.1, 0.15) is 52.9 Å². The summed E-state index contributed by atoms with van der Waals surface area (Å²) >= 11 is 0. The van der Waals surface area contributed by atoms with E-state index in [0.29, 0.717) is 5.92 Å². The molecule has 5 heteroatoms. The molecule has 0 aromatic rings. The Bertz CT molecular complexity index is 443. The highest BCUT2D eigenvalue weighted by molar-refractivity contribution is 5.80. The van der Waals surface area contributed by atoms with Crippen molar-refractivity contribution in [3.63, 3.8) is 0 Å². The summed E-state index contributed by atoms with van der Waals surface area (Å²) in [4.78, 5) is 24.2. The van der Waals surface area contributed by atoms with Crippen LogP contribution in [-0.2, 0) is 9.53 Å². The van der Waals surface area contributed by atoms with Gasteiger partial charge in [0.1, 0.15) is 5.60 Å². The maximum atomic E-state index is 12.1. The van der Waals surface area contributed by atoms with E-state index in [0.717, 1.165) is 32.1 Å². The summed E-state index contributed by atoms with van der Waals surface area (Å²) in [5.74, 6) is 0.766. The minimum atomic E-state index is -0.490. The zero-order valence-corrected chi connectivity index (χ0v) is 12.5. The maximum absolute atomic E-state index is 12.1. The predicted octanol–water partition coefficient (Wildman–Crippen LogP) is 1.96. The fourth-order valence-corrected chi connectivity index (χ4v) is 4.28. The molecule has 2 aliphatic heterocycles. The number of hydrogen-bond donors (Lipinski definition) is 2. The van der Waals surface area contributed by atoms with Crippen molar-refractivity contribution in [3.8, 4) is 0 Å². The number of carbonyl (C=O) groups is 2. The third kappa shape index (κ3) is 2.63. The van der Waals surface area contributed by atoms with Crippen LogP contribution >= 0.6 is 0 Å². The molecule has 0 aromatic heterocycles. The number of fused-ring (bicyclic) bond motifs is 1. The van der Waals surface area contributed by atoms with E-state index in [1.165, 1.54) is 0 Å². The van der Waals surface area contributed by atoms with E-state index >= 15 is 0 Å². The van der Waals surface area contributed by atoms with Crippen molar-refractivity contribution in [1.82, 2.24) is 10.6 Å². The van der Waals surface area contributed by atoms with Crippen molar-refractivity contribution in [3.05, 3.63) is 0 Å². The second-order valence-electron chi connectivity index (χ2n) is 7.76. The third-order valence-corrected chi connectivity index (χ3v) is 4.67. The van der Waals surface area contributed by atoms with E-state index in [9.17, 15) is 9.59 Å². The number of carbonyl (C=O) groups excluding carboxylic acids is 2. The molecule has 2 heterocycles. The van der Waals surface area contributed by atoms with Crippen LogP contribution in [-0.4, -0.2) is 29.2 Å². The molecule has 4 unspecified atom stereocenters. The van der Waals surface area contributed by atoms with Gasteiger partial charge in [0.2, 0.25) is 5.91 Å². The Labute approximate surface area is 119 Å². The lowest BCUT2D eigenvalue weighted by molar-refractivity contribution is -0.125. The summed E-state index contributed by atoms with van der Waals surface area (Å²) in [5, 5.41) is 6.21. The van der Waals surface area contributed by atoms with Gasteiger partial charge in [-0.2, -0.15) is 0 Å². The number of ether oxygens (including phenoxy) is 1. The van der Waals surface area contributed by atoms with Crippen LogP contribution in [0.3, 0.4) is 0 Å². The van der Waals surface area contributed by atoms with Crippen molar-refractivity contribution >= 4 is 12.0 Å². The SMILES string of the molecule is CC(C)(C)OC(=O)NC12CC3CC(C1)NC(=O)C(C3)C2. The molecule has 2 N–H and O–H groups in total. The third-order valence-electron chi connectivity index (χ3n) is 4.67. The Balaban J connectivity index is 1.75. The summed E-state index contributed by atoms with van der Waals surface area (Å²) < 4.78 is 5.39. The highest BCUT2D eigenvalue weighted by atomic mass is 16.6. The molecule has 112 valence electrons. The Morgan fingerprint density at radius 2 is 2.05 bits per heavy atom. The van der Waals surface area contributed by atoms with Gasteiger partial charge in [0.25, 0.3) is 0 Å². The second kappa shape index (κ2) is 4.37. The Morgan fingerprint density at radius 3 is 2.75 bits per heavy atom. The van der Waals surface area contributed by atoms with Gasteiger partial charge in [-0.25, -0.2) is 4.79 Å². The van der Waals surface area contributed by atoms with Crippen LogP contribution in [0.25, 0.3) is 0 Å². The number of rotatable bonds is 1. The quantitative estimate of drug-likeness (QED) is 0.771. The van der Waals surface area contributed by atoms with Gasteiger partial charge in [0.15, 0.2) is 0 Å². The molecule has 4 fully saturated rings. The summed E-state index contributed by atoms with van der Waals surface area (Å²) in [6, 6.07) is 0.212. The molecule has 2 amide bonds. The Kier molecular flexibility index (Phi) is 2.99. The van der Waals surface area contributed by atoms with E-state index in [-0.39, 0.29) is 29.5 Å². The van der Waals surface area contributed by atoms with Crippen molar-refractivity contribution in [2.24, 2.45) is 11.8 Å². The topological polar surface area (TPSA) is 67.4 Å². The highest BCUT2D eigenvalue weighted by Crippen LogP contribution is 2.47. The second-order valence-corrected chi connectivity index (χ2v) is 7.76. The van der Waals surface area contributed by atoms with Gasteiger partial charge in [-0.1, -0.05) is 0 Å². The first-order valence-electron chi connectivity index (χ1n) is 7.56. The molecule has 2 aliphatic carbocycles. The molecule has 0 aromatic carbocycles. The zero-order chi connectivity index (χ0) is 14.5. The van der Waals surface area contributed by atoms with Gasteiger partial charge < -0.3 is 15.4 Å². The Hall–Kier alpha value is -1.26. The van der Waals surface area contributed by atoms with Crippen LogP contribution in [0.4, 0.5) is 4.79 Å². The van der Waals surface area contributed by atoms with Crippen molar-refractivity contribution < 1.29 is 14.3 Å². The van der Waals surface area contributed by atoms with E-state index in [4.69, 9.17) is 4.74 Å². The van der Waals surface area contributed by atoms with Gasteiger partial charge in [0.05, 0.1) is 0 Å². The first-order valence-corrected chi connectivity index (χ1v) is 7.56. The molecular formula is C15H24N2O3. The first-order chi connectivity index (χ1) is 9.25. The predicted molar refractivity (Wildman–Crippen MR) is 74.1 cm³/mol.